The summed E-state index contributed by atoms with van der Waals surface area (Å²) < 4.78 is 4.74. The summed E-state index contributed by atoms with van der Waals surface area (Å²) in [6.45, 7) is 0. The van der Waals surface area contributed by atoms with Crippen LogP contribution in [0.1, 0.15) is 0 Å². The van der Waals surface area contributed by atoms with E-state index in [-0.39, 0.29) is 0 Å². The third kappa shape index (κ3) is 3.21. The first-order valence-corrected chi connectivity index (χ1v) is 13.5. The van der Waals surface area contributed by atoms with Gasteiger partial charge in [-0.25, -0.2) is 9.97 Å². The Morgan fingerprint density at radius 3 is 1.87 bits per heavy atom. The molecule has 0 spiro atoms. The molecule has 3 aromatic heterocycles. The molecule has 0 fully saturated rings. The van der Waals surface area contributed by atoms with Gasteiger partial charge in [-0.1, -0.05) is 103 Å². The third-order valence-electron chi connectivity index (χ3n) is 7.24. The quantitative estimate of drug-likeness (QED) is 0.240. The highest BCUT2D eigenvalue weighted by Crippen LogP contribution is 2.40. The summed E-state index contributed by atoms with van der Waals surface area (Å²) in [7, 11) is 0. The monoisotopic (exact) mass is 503 g/mol. The molecule has 5 aromatic carbocycles. The van der Waals surface area contributed by atoms with Gasteiger partial charge < -0.3 is 0 Å². The first-order chi connectivity index (χ1) is 18.8. The van der Waals surface area contributed by atoms with Gasteiger partial charge >= 0.3 is 0 Å². The lowest BCUT2D eigenvalue weighted by atomic mass is 10.0. The molecule has 0 aliphatic carbocycles. The lowest BCUT2D eigenvalue weighted by Gasteiger charge is -2.12. The largest absolute Gasteiger partial charge is 0.278 e. The lowest BCUT2D eigenvalue weighted by Crippen LogP contribution is -2.04. The number of hydrogen-bond donors (Lipinski definition) is 0. The predicted octanol–water partition coefficient (Wildman–Crippen LogP) is 9.28. The SMILES string of the molecule is c1ccc(-c2cc(-c3cccc4c3sc3ccccc34)nc(-n3c4ccccc4c4ccccc43)n2)cc1. The van der Waals surface area contributed by atoms with E-state index in [1.807, 2.05) is 17.4 Å². The maximum absolute atomic E-state index is 5.25. The van der Waals surface area contributed by atoms with Crippen LogP contribution in [0.2, 0.25) is 0 Å². The minimum absolute atomic E-state index is 0.678. The molecular formula is C34H21N3S. The number of aromatic nitrogens is 3. The van der Waals surface area contributed by atoms with Crippen LogP contribution in [0.25, 0.3) is 70.4 Å². The smallest absolute Gasteiger partial charge is 0.235 e. The van der Waals surface area contributed by atoms with Crippen LogP contribution < -0.4 is 0 Å². The highest BCUT2D eigenvalue weighted by molar-refractivity contribution is 7.26. The molecule has 0 unspecified atom stereocenters. The number of nitrogens with zero attached hydrogens (tertiary/aromatic N) is 3. The molecule has 8 rings (SSSR count). The molecular weight excluding hydrogens is 482 g/mol. The molecule has 3 heterocycles. The normalized spacial score (nSPS) is 11.7. The van der Waals surface area contributed by atoms with Crippen molar-refractivity contribution in [3.63, 3.8) is 0 Å². The van der Waals surface area contributed by atoms with Crippen molar-refractivity contribution in [3.8, 4) is 28.5 Å². The number of rotatable bonds is 3. The van der Waals surface area contributed by atoms with Crippen LogP contribution in [-0.2, 0) is 0 Å². The van der Waals surface area contributed by atoms with Gasteiger partial charge in [0.05, 0.1) is 22.4 Å². The van der Waals surface area contributed by atoms with Crippen molar-refractivity contribution < 1.29 is 0 Å². The van der Waals surface area contributed by atoms with Crippen LogP contribution >= 0.6 is 11.3 Å². The average Bonchev–Trinajstić information content (AvgIpc) is 3.53. The summed E-state index contributed by atoms with van der Waals surface area (Å²) in [6, 6.07) is 44.7. The van der Waals surface area contributed by atoms with Gasteiger partial charge in [0.25, 0.3) is 0 Å². The molecule has 8 aromatic rings. The van der Waals surface area contributed by atoms with E-state index in [4.69, 9.17) is 9.97 Å². The van der Waals surface area contributed by atoms with E-state index in [0.29, 0.717) is 5.95 Å². The molecule has 178 valence electrons. The maximum atomic E-state index is 5.25. The van der Waals surface area contributed by atoms with Crippen LogP contribution in [0.4, 0.5) is 0 Å². The molecule has 0 radical (unpaired) electrons. The van der Waals surface area contributed by atoms with Crippen molar-refractivity contribution in [2.45, 2.75) is 0 Å². The zero-order valence-electron chi connectivity index (χ0n) is 20.4. The van der Waals surface area contributed by atoms with Gasteiger partial charge in [0.15, 0.2) is 0 Å². The highest BCUT2D eigenvalue weighted by Gasteiger charge is 2.18. The van der Waals surface area contributed by atoms with Gasteiger partial charge in [0.1, 0.15) is 0 Å². The number of benzene rings is 5. The fourth-order valence-corrected chi connectivity index (χ4v) is 6.74. The van der Waals surface area contributed by atoms with Crippen molar-refractivity contribution in [3.05, 3.63) is 127 Å². The van der Waals surface area contributed by atoms with Gasteiger partial charge in [-0.2, -0.15) is 0 Å². The Morgan fingerprint density at radius 2 is 1.11 bits per heavy atom. The Balaban J connectivity index is 1.47. The summed E-state index contributed by atoms with van der Waals surface area (Å²) in [4.78, 5) is 10.4. The second kappa shape index (κ2) is 8.37. The van der Waals surface area contributed by atoms with Crippen LogP contribution in [-0.4, -0.2) is 14.5 Å². The molecule has 0 saturated carbocycles. The summed E-state index contributed by atoms with van der Waals surface area (Å²) in [5, 5.41) is 4.95. The van der Waals surface area contributed by atoms with E-state index in [1.54, 1.807) is 0 Å². The summed E-state index contributed by atoms with van der Waals surface area (Å²) >= 11 is 1.83. The van der Waals surface area contributed by atoms with Gasteiger partial charge in [-0.05, 0) is 24.3 Å². The van der Waals surface area contributed by atoms with Gasteiger partial charge in [-0.3, -0.25) is 4.57 Å². The Labute approximate surface area is 223 Å². The topological polar surface area (TPSA) is 30.7 Å². The molecule has 3 nitrogen and oxygen atoms in total. The van der Waals surface area contributed by atoms with Crippen LogP contribution in [0.3, 0.4) is 0 Å². The highest BCUT2D eigenvalue weighted by atomic mass is 32.1. The Hall–Kier alpha value is -4.80. The van der Waals surface area contributed by atoms with Crippen LogP contribution in [0, 0.1) is 0 Å². The first-order valence-electron chi connectivity index (χ1n) is 12.7. The van der Waals surface area contributed by atoms with Crippen molar-refractivity contribution in [1.29, 1.82) is 0 Å². The molecule has 0 aliphatic heterocycles. The molecule has 4 heteroatoms. The molecule has 0 aliphatic rings. The fraction of sp³-hybridized carbons (Fsp3) is 0. The molecule has 0 atom stereocenters. The standard InChI is InChI=1S/C34H21N3S/c1-2-11-22(12-3-1)28-21-29(27-17-10-16-26-25-15-6-9-20-32(25)38-33(26)27)36-34(35-28)37-30-18-7-4-13-23(30)24-14-5-8-19-31(24)37/h1-21H. The second-order valence-electron chi connectivity index (χ2n) is 9.45. The predicted molar refractivity (Wildman–Crippen MR) is 160 cm³/mol. The van der Waals surface area contributed by atoms with E-state index in [1.165, 1.54) is 30.9 Å². The van der Waals surface area contributed by atoms with E-state index < -0.39 is 0 Å². The van der Waals surface area contributed by atoms with E-state index in [2.05, 4.69) is 126 Å². The van der Waals surface area contributed by atoms with E-state index in [0.717, 1.165) is 33.5 Å². The summed E-state index contributed by atoms with van der Waals surface area (Å²) in [6.07, 6.45) is 0. The zero-order chi connectivity index (χ0) is 25.1. The Morgan fingerprint density at radius 1 is 0.500 bits per heavy atom. The van der Waals surface area contributed by atoms with E-state index >= 15 is 0 Å². The second-order valence-corrected chi connectivity index (χ2v) is 10.5. The Kier molecular flexibility index (Phi) is 4.69. The summed E-state index contributed by atoms with van der Waals surface area (Å²) in [5.41, 5.74) is 6.24. The minimum Gasteiger partial charge on any atom is -0.278 e. The number of thiophene rings is 1. The zero-order valence-corrected chi connectivity index (χ0v) is 21.2. The van der Waals surface area contributed by atoms with Crippen molar-refractivity contribution in [2.24, 2.45) is 0 Å². The molecule has 0 N–H and O–H groups in total. The maximum Gasteiger partial charge on any atom is 0.235 e. The van der Waals surface area contributed by atoms with Crippen molar-refractivity contribution in [2.75, 3.05) is 0 Å². The molecule has 0 amide bonds. The Bertz CT molecular complexity index is 2080. The summed E-state index contributed by atoms with van der Waals surface area (Å²) in [5.74, 6) is 0.678. The third-order valence-corrected chi connectivity index (χ3v) is 8.46. The van der Waals surface area contributed by atoms with Crippen molar-refractivity contribution >= 4 is 53.3 Å². The van der Waals surface area contributed by atoms with E-state index in [9.17, 15) is 0 Å². The van der Waals surface area contributed by atoms with Crippen molar-refractivity contribution in [1.82, 2.24) is 14.5 Å². The van der Waals surface area contributed by atoms with Gasteiger partial charge in [-0.15, -0.1) is 11.3 Å². The van der Waals surface area contributed by atoms with Crippen LogP contribution in [0.15, 0.2) is 127 Å². The molecule has 0 bridgehead atoms. The lowest BCUT2D eigenvalue weighted by molar-refractivity contribution is 0.996. The average molecular weight is 504 g/mol. The van der Waals surface area contributed by atoms with Crippen LogP contribution in [0.5, 0.6) is 0 Å². The number of hydrogen-bond acceptors (Lipinski definition) is 3. The fourth-order valence-electron chi connectivity index (χ4n) is 5.52. The van der Waals surface area contributed by atoms with Gasteiger partial charge in [0.2, 0.25) is 5.95 Å². The minimum atomic E-state index is 0.678. The van der Waals surface area contributed by atoms with Gasteiger partial charge in [0, 0.05) is 42.1 Å². The molecule has 38 heavy (non-hydrogen) atoms. The molecule has 0 saturated heterocycles. The number of fused-ring (bicyclic) bond motifs is 6. The number of para-hydroxylation sites is 2. The first kappa shape index (κ1) is 21.3.